The molecule has 0 saturated heterocycles. The summed E-state index contributed by atoms with van der Waals surface area (Å²) in [7, 11) is -5.86. The molecule has 0 aliphatic rings. The summed E-state index contributed by atoms with van der Waals surface area (Å²) in [4.78, 5) is 19.2. The highest BCUT2D eigenvalue weighted by atomic mass is 32.2. The highest BCUT2D eigenvalue weighted by Crippen LogP contribution is 2.20. The maximum Gasteiger partial charge on any atom is 0.298 e. The molecule has 1 aromatic heterocycles. The quantitative estimate of drug-likeness (QED) is 0.336. The van der Waals surface area contributed by atoms with Gasteiger partial charge in [-0.2, -0.15) is 13.4 Å². The molecule has 21 heavy (non-hydrogen) atoms. The number of guanidine groups is 1. The number of aromatic nitrogens is 1. The van der Waals surface area contributed by atoms with E-state index in [4.69, 9.17) is 11.5 Å². The summed E-state index contributed by atoms with van der Waals surface area (Å²) in [6.45, 7) is 1.32. The summed E-state index contributed by atoms with van der Waals surface area (Å²) in [5.41, 5.74) is 10.8. The number of nitrogens with one attached hydrogen (secondary N) is 1. The van der Waals surface area contributed by atoms with E-state index in [-0.39, 0.29) is 11.7 Å². The molecule has 0 saturated carbocycles. The van der Waals surface area contributed by atoms with Crippen LogP contribution < -0.4 is 21.3 Å². The van der Waals surface area contributed by atoms with Crippen molar-refractivity contribution in [1.29, 1.82) is 0 Å². The van der Waals surface area contributed by atoms with Gasteiger partial charge in [0, 0.05) is 16.2 Å². The molecule has 0 bridgehead atoms. The van der Waals surface area contributed by atoms with Gasteiger partial charge in [-0.3, -0.25) is 9.00 Å². The van der Waals surface area contributed by atoms with Crippen LogP contribution in [0.1, 0.15) is 12.6 Å². The normalized spacial score (nSPS) is 14.2. The lowest BCUT2D eigenvalue weighted by Crippen LogP contribution is -2.42. The van der Waals surface area contributed by atoms with Crippen LogP contribution in [0.5, 0.6) is 0 Å². The first kappa shape index (κ1) is 17.5. The zero-order valence-corrected chi connectivity index (χ0v) is 13.3. The maximum atomic E-state index is 12.0. The Labute approximate surface area is 127 Å². The van der Waals surface area contributed by atoms with Crippen LogP contribution in [0, 0.1) is 0 Å². The zero-order chi connectivity index (χ0) is 16.2. The zero-order valence-electron chi connectivity index (χ0n) is 10.8. The van der Waals surface area contributed by atoms with E-state index in [1.54, 1.807) is 10.1 Å². The van der Waals surface area contributed by atoms with Crippen molar-refractivity contribution in [3.05, 3.63) is 11.1 Å². The van der Waals surface area contributed by atoms with Crippen LogP contribution in [0.25, 0.3) is 0 Å². The number of aliphatic imine (C=N–C) groups is 1. The van der Waals surface area contributed by atoms with Crippen LogP contribution in [0.3, 0.4) is 0 Å². The fourth-order valence-corrected chi connectivity index (χ4v) is 3.47. The lowest BCUT2D eigenvalue weighted by molar-refractivity contribution is -0.118. The Balaban J connectivity index is 2.70. The average molecular weight is 354 g/mol. The number of thiazole rings is 1. The molecule has 0 aromatic carbocycles. The van der Waals surface area contributed by atoms with E-state index < -0.39 is 32.2 Å². The molecule has 1 aromatic rings. The van der Waals surface area contributed by atoms with Crippen molar-refractivity contribution in [2.24, 2.45) is 21.6 Å². The minimum absolute atomic E-state index is 0.0459. The van der Waals surface area contributed by atoms with Crippen molar-refractivity contribution in [3.63, 3.8) is 0 Å². The van der Waals surface area contributed by atoms with Gasteiger partial charge >= 0.3 is 0 Å². The number of hydrogen-bond donors (Lipinski definition) is 4. The van der Waals surface area contributed by atoms with Crippen LogP contribution in [0.2, 0.25) is 0 Å². The van der Waals surface area contributed by atoms with Gasteiger partial charge in [-0.1, -0.05) is 0 Å². The number of rotatable bonds is 6. The van der Waals surface area contributed by atoms with Gasteiger partial charge in [-0.15, -0.1) is 11.3 Å². The maximum absolute atomic E-state index is 12.0. The van der Waals surface area contributed by atoms with Crippen LogP contribution in [0.15, 0.2) is 10.4 Å². The lowest BCUT2D eigenvalue weighted by Gasteiger charge is -2.09. The molecular formula is C8H14N6O4S3. The molecule has 0 fully saturated rings. The van der Waals surface area contributed by atoms with Crippen molar-refractivity contribution in [3.8, 4) is 0 Å². The first-order chi connectivity index (χ1) is 9.58. The number of nitrogens with zero attached hydrogens (tertiary/aromatic N) is 2. The van der Waals surface area contributed by atoms with E-state index in [0.717, 1.165) is 11.3 Å². The molecule has 0 aliphatic heterocycles. The van der Waals surface area contributed by atoms with Crippen LogP contribution in [0.4, 0.5) is 5.13 Å². The monoisotopic (exact) mass is 354 g/mol. The lowest BCUT2D eigenvalue weighted by atomic mass is 10.5. The van der Waals surface area contributed by atoms with Crippen molar-refractivity contribution < 1.29 is 17.4 Å². The van der Waals surface area contributed by atoms with E-state index in [1.807, 2.05) is 0 Å². The van der Waals surface area contributed by atoms with Gasteiger partial charge in [0.05, 0.1) is 11.4 Å². The van der Waals surface area contributed by atoms with Gasteiger partial charge in [0.2, 0.25) is 11.0 Å². The van der Waals surface area contributed by atoms with Gasteiger partial charge in [-0.25, -0.2) is 14.8 Å². The Bertz CT molecular complexity index is 678. The predicted octanol–water partition coefficient (Wildman–Crippen LogP) is -2.00. The highest BCUT2D eigenvalue weighted by molar-refractivity contribution is 7.88. The summed E-state index contributed by atoms with van der Waals surface area (Å²) >= 11 is 1.14. The summed E-state index contributed by atoms with van der Waals surface area (Å²) in [6.07, 6.45) is 0. The largest absolute Gasteiger partial charge is 0.370 e. The third-order valence-corrected chi connectivity index (χ3v) is 4.91. The highest BCUT2D eigenvalue weighted by Gasteiger charge is 2.23. The Hall–Kier alpha value is -1.57. The number of carbonyl (C=O) groups excluding carboxylic acids is 1. The molecule has 1 rings (SSSR count). The molecular weight excluding hydrogens is 340 g/mol. The van der Waals surface area contributed by atoms with Crippen LogP contribution in [-0.2, 0) is 31.6 Å². The summed E-state index contributed by atoms with van der Waals surface area (Å²) < 4.78 is 35.0. The molecule has 10 nitrogen and oxygen atoms in total. The number of amides is 1. The third-order valence-electron chi connectivity index (χ3n) is 2.06. The van der Waals surface area contributed by atoms with Gasteiger partial charge in [0.1, 0.15) is 5.25 Å². The molecule has 0 aliphatic carbocycles. The van der Waals surface area contributed by atoms with E-state index >= 15 is 0 Å². The molecule has 2 atom stereocenters. The second-order valence-corrected chi connectivity index (χ2v) is 7.72. The Morgan fingerprint density at radius 1 is 1.57 bits per heavy atom. The standard InChI is InChI=1S/C8H14N6O4S3/c1-4(6(15)14-21(11,17)18)20(16)3-5-2-19-8(12-5)13-7(9)10/h2,4H,3H2,1H3,(H,14,15)(H2,11,17,18)(H4,9,10,12,13). The van der Waals surface area contributed by atoms with Crippen molar-refractivity contribution in [2.75, 3.05) is 0 Å². The smallest absolute Gasteiger partial charge is 0.298 e. The van der Waals surface area contributed by atoms with Crippen LogP contribution in [-0.4, -0.2) is 34.7 Å². The van der Waals surface area contributed by atoms with E-state index in [2.05, 4.69) is 15.1 Å². The van der Waals surface area contributed by atoms with Gasteiger partial charge in [0.15, 0.2) is 5.96 Å². The molecule has 118 valence electrons. The average Bonchev–Trinajstić information content (AvgIpc) is 2.72. The van der Waals surface area contributed by atoms with E-state index in [0.29, 0.717) is 10.8 Å². The van der Waals surface area contributed by atoms with Crippen molar-refractivity contribution >= 4 is 49.3 Å². The summed E-state index contributed by atoms with van der Waals surface area (Å²) in [6, 6.07) is 0. The number of hydrogen-bond acceptors (Lipinski definition) is 7. The van der Waals surface area contributed by atoms with Crippen molar-refractivity contribution in [2.45, 2.75) is 17.9 Å². The fourth-order valence-electron chi connectivity index (χ4n) is 1.14. The van der Waals surface area contributed by atoms with Gasteiger partial charge in [-0.05, 0) is 6.92 Å². The van der Waals surface area contributed by atoms with E-state index in [1.165, 1.54) is 6.92 Å². The molecule has 7 N–H and O–H groups in total. The van der Waals surface area contributed by atoms with E-state index in [9.17, 15) is 17.4 Å². The minimum Gasteiger partial charge on any atom is -0.370 e. The first-order valence-electron chi connectivity index (χ1n) is 5.34. The topological polar surface area (TPSA) is 184 Å². The van der Waals surface area contributed by atoms with Crippen molar-refractivity contribution in [1.82, 2.24) is 9.71 Å². The van der Waals surface area contributed by atoms with Gasteiger partial charge < -0.3 is 11.5 Å². The summed E-state index contributed by atoms with van der Waals surface area (Å²) in [5.74, 6) is -1.15. The molecule has 1 heterocycles. The molecule has 13 heteroatoms. The fraction of sp³-hybridized carbons (Fsp3) is 0.375. The second kappa shape index (κ2) is 6.93. The molecule has 1 amide bonds. The Morgan fingerprint density at radius 2 is 2.19 bits per heavy atom. The molecule has 0 radical (unpaired) electrons. The van der Waals surface area contributed by atoms with Crippen LogP contribution >= 0.6 is 11.3 Å². The first-order valence-corrected chi connectivity index (χ1v) is 9.15. The minimum atomic E-state index is -4.18. The predicted molar refractivity (Wildman–Crippen MR) is 80.1 cm³/mol. The Kier molecular flexibility index (Phi) is 5.77. The Morgan fingerprint density at radius 3 is 2.71 bits per heavy atom. The third kappa shape index (κ3) is 6.16. The van der Waals surface area contributed by atoms with Gasteiger partial charge in [0.25, 0.3) is 10.2 Å². The second-order valence-electron chi connectivity index (χ2n) is 3.84. The molecule has 2 unspecified atom stereocenters. The summed E-state index contributed by atoms with van der Waals surface area (Å²) in [5, 5.41) is 5.48. The molecule has 0 spiro atoms. The SMILES string of the molecule is CC(C(=O)NS(N)(=O)=O)S(=O)Cc1csc(N=C(N)N)n1. The number of carbonyl (C=O) groups is 1. The number of nitrogens with two attached hydrogens (primary N) is 3.